The average Bonchev–Trinajstić information content (AvgIpc) is 2.35. The quantitative estimate of drug-likeness (QED) is 0.215. The van der Waals surface area contributed by atoms with Gasteiger partial charge < -0.3 is 20.9 Å². The summed E-state index contributed by atoms with van der Waals surface area (Å²) in [4.78, 5) is 4.09. The molecular formula is C14H32IN3O2. The second-order valence-corrected chi connectivity index (χ2v) is 5.30. The number of halogens is 1. The molecule has 0 aliphatic rings. The van der Waals surface area contributed by atoms with Crippen LogP contribution in [0.5, 0.6) is 0 Å². The minimum absolute atomic E-state index is 0. The molecule has 0 radical (unpaired) electrons. The molecule has 0 aromatic heterocycles. The van der Waals surface area contributed by atoms with Crippen LogP contribution in [0.4, 0.5) is 0 Å². The van der Waals surface area contributed by atoms with Crippen LogP contribution >= 0.6 is 24.0 Å². The lowest BCUT2D eigenvalue weighted by Gasteiger charge is -2.11. The standard InChI is InChI=1S/C14H31N3O2.HI/c1-4-5-6-7-8-16-14(15)17-9-13(18)11-19-10-12(2)3;/h12-13,18H,4-11H2,1-3H3,(H3,15,16,17);1H. The molecule has 122 valence electrons. The molecule has 4 N–H and O–H groups in total. The van der Waals surface area contributed by atoms with Crippen LogP contribution < -0.4 is 11.1 Å². The lowest BCUT2D eigenvalue weighted by atomic mass is 10.2. The second kappa shape index (κ2) is 15.3. The molecule has 6 heteroatoms. The van der Waals surface area contributed by atoms with Crippen molar-refractivity contribution in [2.75, 3.05) is 26.3 Å². The summed E-state index contributed by atoms with van der Waals surface area (Å²) in [5.74, 6) is 0.880. The molecule has 1 unspecified atom stereocenters. The van der Waals surface area contributed by atoms with Crippen molar-refractivity contribution in [1.29, 1.82) is 0 Å². The monoisotopic (exact) mass is 401 g/mol. The molecule has 0 saturated heterocycles. The van der Waals surface area contributed by atoms with E-state index in [-0.39, 0.29) is 30.5 Å². The Labute approximate surface area is 140 Å². The van der Waals surface area contributed by atoms with Crippen LogP contribution in [0, 0.1) is 5.92 Å². The maximum atomic E-state index is 9.64. The Morgan fingerprint density at radius 3 is 2.55 bits per heavy atom. The summed E-state index contributed by atoms with van der Waals surface area (Å²) >= 11 is 0. The van der Waals surface area contributed by atoms with Gasteiger partial charge in [0.05, 0.1) is 19.3 Å². The Kier molecular flexibility index (Phi) is 17.0. The van der Waals surface area contributed by atoms with Gasteiger partial charge in [0.1, 0.15) is 0 Å². The van der Waals surface area contributed by atoms with Gasteiger partial charge in [0.15, 0.2) is 5.96 Å². The molecule has 0 fully saturated rings. The number of hydrogen-bond donors (Lipinski definition) is 3. The summed E-state index contributed by atoms with van der Waals surface area (Å²) < 4.78 is 5.33. The van der Waals surface area contributed by atoms with Gasteiger partial charge in [-0.05, 0) is 12.3 Å². The van der Waals surface area contributed by atoms with E-state index in [1.54, 1.807) is 0 Å². The lowest BCUT2D eigenvalue weighted by Crippen LogP contribution is -2.33. The number of ether oxygens (including phenoxy) is 1. The number of unbranched alkanes of at least 4 members (excludes halogenated alkanes) is 3. The van der Waals surface area contributed by atoms with Crippen molar-refractivity contribution < 1.29 is 9.84 Å². The number of aliphatic hydroxyl groups is 1. The summed E-state index contributed by atoms with van der Waals surface area (Å²) in [5.41, 5.74) is 5.70. The third kappa shape index (κ3) is 16.0. The normalized spacial score (nSPS) is 13.2. The summed E-state index contributed by atoms with van der Waals surface area (Å²) in [6.07, 6.45) is 4.21. The van der Waals surface area contributed by atoms with Gasteiger partial charge in [-0.3, -0.25) is 4.99 Å². The number of nitrogens with one attached hydrogen (secondary N) is 1. The smallest absolute Gasteiger partial charge is 0.188 e. The molecule has 20 heavy (non-hydrogen) atoms. The molecule has 0 aromatic rings. The van der Waals surface area contributed by atoms with Gasteiger partial charge in [0, 0.05) is 13.2 Å². The Bertz CT molecular complexity index is 238. The predicted molar refractivity (Wildman–Crippen MR) is 95.7 cm³/mol. The number of guanidine groups is 1. The van der Waals surface area contributed by atoms with Crippen molar-refractivity contribution in [3.05, 3.63) is 0 Å². The topological polar surface area (TPSA) is 79.9 Å². The minimum atomic E-state index is -0.584. The van der Waals surface area contributed by atoms with E-state index in [1.165, 1.54) is 19.3 Å². The molecule has 0 amide bonds. The Morgan fingerprint density at radius 2 is 1.95 bits per heavy atom. The van der Waals surface area contributed by atoms with Crippen molar-refractivity contribution in [3.8, 4) is 0 Å². The van der Waals surface area contributed by atoms with Gasteiger partial charge in [-0.25, -0.2) is 0 Å². The minimum Gasteiger partial charge on any atom is -0.389 e. The number of nitrogens with two attached hydrogens (primary N) is 1. The molecular weight excluding hydrogens is 369 g/mol. The Morgan fingerprint density at radius 1 is 1.25 bits per heavy atom. The molecule has 0 aliphatic heterocycles. The van der Waals surface area contributed by atoms with Crippen LogP contribution in [0.15, 0.2) is 4.99 Å². The molecule has 0 bridgehead atoms. The highest BCUT2D eigenvalue weighted by Gasteiger charge is 2.04. The molecule has 0 rings (SSSR count). The zero-order valence-electron chi connectivity index (χ0n) is 13.1. The third-order valence-electron chi connectivity index (χ3n) is 2.57. The molecule has 0 heterocycles. The van der Waals surface area contributed by atoms with Crippen molar-refractivity contribution in [3.63, 3.8) is 0 Å². The van der Waals surface area contributed by atoms with E-state index < -0.39 is 6.10 Å². The molecule has 0 aliphatic carbocycles. The zero-order chi connectivity index (χ0) is 14.5. The Balaban J connectivity index is 0. The van der Waals surface area contributed by atoms with E-state index in [2.05, 4.69) is 31.1 Å². The molecule has 5 nitrogen and oxygen atoms in total. The van der Waals surface area contributed by atoms with Crippen LogP contribution in [0.1, 0.15) is 46.5 Å². The highest BCUT2D eigenvalue weighted by molar-refractivity contribution is 14.0. The van der Waals surface area contributed by atoms with E-state index in [0.29, 0.717) is 25.1 Å². The van der Waals surface area contributed by atoms with Crippen LogP contribution in [0.3, 0.4) is 0 Å². The van der Waals surface area contributed by atoms with Crippen molar-refractivity contribution >= 4 is 29.9 Å². The first-order valence-corrected chi connectivity index (χ1v) is 7.35. The van der Waals surface area contributed by atoms with Gasteiger partial charge in [0.25, 0.3) is 0 Å². The van der Waals surface area contributed by atoms with Gasteiger partial charge in [-0.1, -0.05) is 40.0 Å². The summed E-state index contributed by atoms with van der Waals surface area (Å²) in [7, 11) is 0. The highest BCUT2D eigenvalue weighted by atomic mass is 127. The number of aliphatic hydroxyl groups excluding tert-OH is 1. The molecule has 1 atom stereocenters. The first-order valence-electron chi connectivity index (χ1n) is 7.35. The fraction of sp³-hybridized carbons (Fsp3) is 0.929. The maximum Gasteiger partial charge on any atom is 0.188 e. The summed E-state index contributed by atoms with van der Waals surface area (Å²) in [6, 6.07) is 0. The lowest BCUT2D eigenvalue weighted by molar-refractivity contribution is 0.0301. The predicted octanol–water partition coefficient (Wildman–Crippen LogP) is 2.12. The fourth-order valence-electron chi connectivity index (χ4n) is 1.52. The van der Waals surface area contributed by atoms with Gasteiger partial charge >= 0.3 is 0 Å². The van der Waals surface area contributed by atoms with Crippen LogP contribution in [-0.4, -0.2) is 43.5 Å². The fourth-order valence-corrected chi connectivity index (χ4v) is 1.52. The second-order valence-electron chi connectivity index (χ2n) is 5.30. The SMILES string of the molecule is CCCCCCNC(N)=NCC(O)COCC(C)C.I. The van der Waals surface area contributed by atoms with Crippen LogP contribution in [0.25, 0.3) is 0 Å². The highest BCUT2D eigenvalue weighted by Crippen LogP contribution is 1.97. The molecule has 0 saturated carbocycles. The first-order chi connectivity index (χ1) is 9.06. The van der Waals surface area contributed by atoms with Gasteiger partial charge in [-0.2, -0.15) is 0 Å². The number of rotatable bonds is 11. The first kappa shape index (κ1) is 22.2. The van der Waals surface area contributed by atoms with Crippen LogP contribution in [-0.2, 0) is 4.74 Å². The third-order valence-corrected chi connectivity index (χ3v) is 2.57. The number of aliphatic imine (C=N–C) groups is 1. The number of hydrogen-bond acceptors (Lipinski definition) is 3. The van der Waals surface area contributed by atoms with E-state index in [9.17, 15) is 5.11 Å². The van der Waals surface area contributed by atoms with E-state index in [4.69, 9.17) is 10.5 Å². The van der Waals surface area contributed by atoms with Crippen molar-refractivity contribution in [1.82, 2.24) is 5.32 Å². The summed E-state index contributed by atoms with van der Waals surface area (Å²) in [6.45, 7) is 8.43. The van der Waals surface area contributed by atoms with E-state index in [1.807, 2.05) is 0 Å². The van der Waals surface area contributed by atoms with Crippen LogP contribution in [0.2, 0.25) is 0 Å². The zero-order valence-corrected chi connectivity index (χ0v) is 15.4. The largest absolute Gasteiger partial charge is 0.389 e. The van der Waals surface area contributed by atoms with Gasteiger partial charge in [-0.15, -0.1) is 24.0 Å². The number of nitrogens with zero attached hydrogens (tertiary/aromatic N) is 1. The molecule has 0 aromatic carbocycles. The van der Waals surface area contributed by atoms with Crippen molar-refractivity contribution in [2.45, 2.75) is 52.6 Å². The van der Waals surface area contributed by atoms with E-state index in [0.717, 1.165) is 13.0 Å². The average molecular weight is 401 g/mol. The maximum absolute atomic E-state index is 9.64. The van der Waals surface area contributed by atoms with Crippen molar-refractivity contribution in [2.24, 2.45) is 16.6 Å². The van der Waals surface area contributed by atoms with Gasteiger partial charge in [0.2, 0.25) is 0 Å². The summed E-state index contributed by atoms with van der Waals surface area (Å²) in [5, 5.41) is 12.7. The Hall–Kier alpha value is -0.0800. The molecule has 0 spiro atoms. The van der Waals surface area contributed by atoms with E-state index >= 15 is 0 Å².